The standard InChI is InChI=1S/C36H37F5N6O7S/c1-55-16-15-29(33(52)53)46(34(54)36(39,47(40)41)35(37,38)23-7-3-2-4-8-23)30(49)20-44-32(51)28(18-22-19-43-27-10-6-5-9-25(22)27)45-31(50)26(42)17-21-11-13-24(48)14-12-21/h2-14,19,26,28-29,43,48H,15-18,20,42H2,1H3,(H,44,51)(H,45,50)(H,52,53)/t26-,28+,29-,36+/m0/s1. The van der Waals surface area contributed by atoms with E-state index in [-0.39, 0.29) is 24.3 Å². The molecule has 7 N–H and O–H groups in total. The number of nitrogens with two attached hydrogens (primary N) is 1. The lowest BCUT2D eigenvalue weighted by Crippen LogP contribution is -2.65. The fourth-order valence-electron chi connectivity index (χ4n) is 5.69. The number of aromatic amines is 1. The summed E-state index contributed by atoms with van der Waals surface area (Å²) < 4.78 is 75.7. The minimum atomic E-state index is -5.60. The maximum atomic E-state index is 16.1. The number of aromatic hydroxyl groups is 1. The molecule has 4 amide bonds. The summed E-state index contributed by atoms with van der Waals surface area (Å²) in [5.74, 6) is -19.8. The Morgan fingerprint density at radius 2 is 1.55 bits per heavy atom. The number of fused-ring (bicyclic) bond motifs is 1. The van der Waals surface area contributed by atoms with E-state index < -0.39 is 88.2 Å². The molecule has 1 aromatic heterocycles. The Balaban J connectivity index is 1.65. The molecule has 0 unspecified atom stereocenters. The molecule has 0 saturated carbocycles. The van der Waals surface area contributed by atoms with Crippen molar-refractivity contribution in [3.05, 3.63) is 102 Å². The van der Waals surface area contributed by atoms with Gasteiger partial charge in [-0.15, -0.1) is 0 Å². The lowest BCUT2D eigenvalue weighted by Gasteiger charge is -2.37. The number of H-pyrrole nitrogens is 1. The van der Waals surface area contributed by atoms with Gasteiger partial charge in [0.05, 0.1) is 17.9 Å². The number of rotatable bonds is 18. The largest absolute Gasteiger partial charge is 0.508 e. The van der Waals surface area contributed by atoms with Gasteiger partial charge in [-0.1, -0.05) is 69.6 Å². The normalized spacial score (nSPS) is 14.4. The number of carboxylic acid groups (broad SMARTS) is 1. The van der Waals surface area contributed by atoms with Gasteiger partial charge in [-0.05, 0) is 54.2 Å². The van der Waals surface area contributed by atoms with Gasteiger partial charge in [-0.3, -0.25) is 24.1 Å². The first kappa shape index (κ1) is 42.2. The molecule has 55 heavy (non-hydrogen) atoms. The van der Waals surface area contributed by atoms with Crippen LogP contribution in [0.4, 0.5) is 22.1 Å². The number of imide groups is 1. The second-order valence-corrected chi connectivity index (χ2v) is 13.3. The number of alkyl halides is 3. The molecule has 0 fully saturated rings. The molecule has 0 saturated heterocycles. The average Bonchev–Trinajstić information content (AvgIpc) is 3.57. The molecule has 4 aromatic rings. The Morgan fingerprint density at radius 3 is 2.16 bits per heavy atom. The van der Waals surface area contributed by atoms with E-state index in [2.05, 4.69) is 15.6 Å². The molecule has 294 valence electrons. The summed E-state index contributed by atoms with van der Waals surface area (Å²) >= 11 is 0.991. The van der Waals surface area contributed by atoms with Crippen molar-refractivity contribution < 1.29 is 56.3 Å². The van der Waals surface area contributed by atoms with Gasteiger partial charge in [0.1, 0.15) is 17.8 Å². The molecule has 0 aliphatic rings. The van der Waals surface area contributed by atoms with E-state index in [1.54, 1.807) is 30.5 Å². The van der Waals surface area contributed by atoms with E-state index in [1.807, 2.05) is 0 Å². The minimum absolute atomic E-state index is 0.0280. The topological polar surface area (TPSA) is 198 Å². The van der Waals surface area contributed by atoms with Crippen molar-refractivity contribution in [1.82, 2.24) is 25.9 Å². The Bertz CT molecular complexity index is 1990. The van der Waals surface area contributed by atoms with Gasteiger partial charge in [-0.2, -0.15) is 20.5 Å². The number of carbonyl (C=O) groups excluding carboxylic acids is 4. The predicted octanol–water partition coefficient (Wildman–Crippen LogP) is 3.68. The van der Waals surface area contributed by atoms with E-state index in [9.17, 15) is 43.1 Å². The summed E-state index contributed by atoms with van der Waals surface area (Å²) in [4.78, 5) is 68.9. The third-order valence-electron chi connectivity index (χ3n) is 8.62. The molecular weight excluding hydrogens is 755 g/mol. The lowest BCUT2D eigenvalue weighted by atomic mass is 9.96. The fraction of sp³-hybridized carbons (Fsp3) is 0.306. The number of benzene rings is 3. The number of hydrogen-bond acceptors (Lipinski definition) is 9. The first-order valence-corrected chi connectivity index (χ1v) is 17.9. The monoisotopic (exact) mass is 792 g/mol. The van der Waals surface area contributed by atoms with Gasteiger partial charge in [-0.25, -0.2) is 9.18 Å². The number of thioether (sulfide) groups is 1. The average molecular weight is 793 g/mol. The van der Waals surface area contributed by atoms with Crippen molar-refractivity contribution in [2.45, 2.75) is 49.1 Å². The second kappa shape index (κ2) is 18.2. The van der Waals surface area contributed by atoms with E-state index in [0.717, 1.165) is 23.9 Å². The van der Waals surface area contributed by atoms with Crippen molar-refractivity contribution in [3.63, 3.8) is 0 Å². The highest BCUT2D eigenvalue weighted by molar-refractivity contribution is 7.98. The summed E-state index contributed by atoms with van der Waals surface area (Å²) in [6.45, 7) is -1.38. The number of nitrogens with one attached hydrogen (secondary N) is 3. The van der Waals surface area contributed by atoms with Gasteiger partial charge < -0.3 is 31.6 Å². The van der Waals surface area contributed by atoms with Crippen molar-refractivity contribution in [1.29, 1.82) is 0 Å². The molecular formula is C36H37F5N6O7S. The van der Waals surface area contributed by atoms with Crippen LogP contribution >= 0.6 is 11.8 Å². The second-order valence-electron chi connectivity index (χ2n) is 12.3. The van der Waals surface area contributed by atoms with Crippen LogP contribution in [-0.4, -0.2) is 97.5 Å². The van der Waals surface area contributed by atoms with E-state index in [0.29, 0.717) is 34.2 Å². The third-order valence-corrected chi connectivity index (χ3v) is 9.27. The van der Waals surface area contributed by atoms with Crippen molar-refractivity contribution >= 4 is 52.3 Å². The summed E-state index contributed by atoms with van der Waals surface area (Å²) in [5.41, 5.74) is 6.45. The number of phenolic OH excluding ortho intramolecular Hbond substituents is 1. The summed E-state index contributed by atoms with van der Waals surface area (Å²) in [6, 6.07) is 11.8. The lowest BCUT2D eigenvalue weighted by molar-refractivity contribution is -0.337. The SMILES string of the molecule is CSCC[C@@H](C(=O)O)N(C(=O)CNC(=O)[C@@H](Cc1c[nH]c2ccccc12)NC(=O)[C@@H](N)Cc1ccc(O)cc1)C(=O)[C@@](F)(N(F)F)C(F)(F)c1ccccc1. The number of aliphatic carboxylic acids is 1. The van der Waals surface area contributed by atoms with Gasteiger partial charge in [0.2, 0.25) is 17.7 Å². The van der Waals surface area contributed by atoms with Gasteiger partial charge in [0, 0.05) is 29.1 Å². The molecule has 1 heterocycles. The number of nitrogens with zero attached hydrogens (tertiary/aromatic N) is 2. The van der Waals surface area contributed by atoms with Gasteiger partial charge in [0.25, 0.3) is 5.91 Å². The highest BCUT2D eigenvalue weighted by atomic mass is 32.2. The van der Waals surface area contributed by atoms with Crippen LogP contribution in [0.15, 0.2) is 85.1 Å². The molecule has 0 spiro atoms. The number of halogens is 5. The van der Waals surface area contributed by atoms with Crippen LogP contribution in [0.25, 0.3) is 10.9 Å². The smallest absolute Gasteiger partial charge is 0.365 e. The number of hydrogen-bond donors (Lipinski definition) is 6. The number of para-hydroxylation sites is 1. The minimum Gasteiger partial charge on any atom is -0.508 e. The summed E-state index contributed by atoms with van der Waals surface area (Å²) in [7, 11) is 0. The number of carbonyl (C=O) groups is 5. The van der Waals surface area contributed by atoms with E-state index in [1.165, 1.54) is 36.6 Å². The Hall–Kier alpha value is -5.53. The van der Waals surface area contributed by atoms with Gasteiger partial charge >= 0.3 is 17.7 Å². The molecule has 3 aromatic carbocycles. The molecule has 0 bridgehead atoms. The first-order chi connectivity index (χ1) is 26.0. The quantitative estimate of drug-likeness (QED) is 0.0491. The molecule has 13 nitrogen and oxygen atoms in total. The predicted molar refractivity (Wildman–Crippen MR) is 191 cm³/mol. The van der Waals surface area contributed by atoms with Crippen molar-refractivity contribution in [3.8, 4) is 5.75 Å². The number of amides is 4. The summed E-state index contributed by atoms with van der Waals surface area (Å²) in [6.07, 6.45) is 2.10. The van der Waals surface area contributed by atoms with Crippen LogP contribution in [-0.2, 0) is 42.7 Å². The fourth-order valence-corrected chi connectivity index (χ4v) is 6.15. The van der Waals surface area contributed by atoms with E-state index in [4.69, 9.17) is 5.73 Å². The number of phenols is 1. The van der Waals surface area contributed by atoms with Gasteiger partial charge in [0.15, 0.2) is 0 Å². The summed E-state index contributed by atoms with van der Waals surface area (Å²) in [5, 5.41) is 22.0. The maximum Gasteiger partial charge on any atom is 0.365 e. The highest BCUT2D eigenvalue weighted by Gasteiger charge is 2.70. The zero-order valence-electron chi connectivity index (χ0n) is 29.1. The van der Waals surface area contributed by atoms with Crippen LogP contribution in [0.1, 0.15) is 23.1 Å². The Labute approximate surface area is 314 Å². The van der Waals surface area contributed by atoms with Crippen LogP contribution in [0.5, 0.6) is 5.75 Å². The highest BCUT2D eigenvalue weighted by Crippen LogP contribution is 2.46. The third kappa shape index (κ3) is 9.59. The van der Waals surface area contributed by atoms with Crippen LogP contribution < -0.4 is 16.4 Å². The van der Waals surface area contributed by atoms with Crippen LogP contribution in [0, 0.1) is 0 Å². The first-order valence-electron chi connectivity index (χ1n) is 16.5. The molecule has 0 aliphatic carbocycles. The van der Waals surface area contributed by atoms with Crippen LogP contribution in [0.3, 0.4) is 0 Å². The molecule has 4 atom stereocenters. The molecule has 0 radical (unpaired) electrons. The molecule has 0 aliphatic heterocycles. The Morgan fingerprint density at radius 1 is 0.909 bits per heavy atom. The number of carboxylic acids is 1. The molecule has 19 heteroatoms. The number of aromatic nitrogens is 1. The van der Waals surface area contributed by atoms with Crippen molar-refractivity contribution in [2.75, 3.05) is 18.6 Å². The van der Waals surface area contributed by atoms with E-state index >= 15 is 13.2 Å². The zero-order valence-corrected chi connectivity index (χ0v) is 29.9. The maximum absolute atomic E-state index is 16.1. The van der Waals surface area contributed by atoms with Crippen molar-refractivity contribution in [2.24, 2.45) is 5.73 Å². The zero-order chi connectivity index (χ0) is 40.5. The Kier molecular flexibility index (Phi) is 14.0. The van der Waals surface area contributed by atoms with Crippen LogP contribution in [0.2, 0.25) is 0 Å². The molecule has 4 rings (SSSR count).